The Labute approximate surface area is 98.0 Å². The van der Waals surface area contributed by atoms with Crippen LogP contribution in [0.3, 0.4) is 0 Å². The maximum absolute atomic E-state index is 2.88. The normalized spacial score (nSPS) is 39.2. The van der Waals surface area contributed by atoms with Gasteiger partial charge in [0.2, 0.25) is 0 Å². The quantitative estimate of drug-likeness (QED) is 0.670. The van der Waals surface area contributed by atoms with E-state index in [0.717, 1.165) is 17.3 Å². The summed E-state index contributed by atoms with van der Waals surface area (Å²) in [5.41, 5.74) is 0. The molecule has 0 unspecified atom stereocenters. The summed E-state index contributed by atoms with van der Waals surface area (Å²) in [6, 6.07) is 1.92. The van der Waals surface area contributed by atoms with E-state index in [2.05, 4.69) is 16.7 Å². The van der Waals surface area contributed by atoms with Crippen LogP contribution in [0.5, 0.6) is 0 Å². The highest BCUT2D eigenvalue weighted by Gasteiger charge is 2.39. The van der Waals surface area contributed by atoms with Crippen molar-refractivity contribution in [2.75, 3.05) is 5.88 Å². The van der Waals surface area contributed by atoms with E-state index in [-0.39, 0.29) is 0 Å². The summed E-state index contributed by atoms with van der Waals surface area (Å²) in [6.45, 7) is 0. The highest BCUT2D eigenvalue weighted by molar-refractivity contribution is 8.00. The van der Waals surface area contributed by atoms with E-state index in [1.807, 2.05) is 0 Å². The lowest BCUT2D eigenvalue weighted by Crippen LogP contribution is -2.44. The zero-order valence-corrected chi connectivity index (χ0v) is 10.5. The molecule has 1 saturated heterocycles. The van der Waals surface area contributed by atoms with Crippen molar-refractivity contribution in [1.82, 2.24) is 4.90 Å². The van der Waals surface area contributed by atoms with Crippen LogP contribution >= 0.6 is 11.8 Å². The van der Waals surface area contributed by atoms with Gasteiger partial charge in [-0.05, 0) is 25.7 Å². The van der Waals surface area contributed by atoms with Crippen LogP contribution in [0.1, 0.15) is 57.8 Å². The highest BCUT2D eigenvalue weighted by Crippen LogP contribution is 2.41. The van der Waals surface area contributed by atoms with Gasteiger partial charge in [0.25, 0.3) is 0 Å². The summed E-state index contributed by atoms with van der Waals surface area (Å²) in [7, 11) is 0. The Bertz CT molecular complexity index is 213. The topological polar surface area (TPSA) is 3.24 Å². The Balaban J connectivity index is 1.65. The van der Waals surface area contributed by atoms with Crippen molar-refractivity contribution in [2.24, 2.45) is 0 Å². The minimum Gasteiger partial charge on any atom is -0.287 e. The fourth-order valence-electron chi connectivity index (χ4n) is 3.72. The highest BCUT2D eigenvalue weighted by atomic mass is 32.2. The molecule has 3 rings (SSSR count). The Morgan fingerprint density at radius 3 is 2.40 bits per heavy atom. The van der Waals surface area contributed by atoms with Crippen molar-refractivity contribution in [1.29, 1.82) is 0 Å². The maximum Gasteiger partial charge on any atom is 0.0453 e. The van der Waals surface area contributed by atoms with E-state index in [9.17, 15) is 0 Å². The third kappa shape index (κ3) is 2.08. The lowest BCUT2D eigenvalue weighted by Gasteiger charge is -2.38. The van der Waals surface area contributed by atoms with Gasteiger partial charge in [-0.2, -0.15) is 0 Å². The summed E-state index contributed by atoms with van der Waals surface area (Å²) >= 11 is 2.25. The lowest BCUT2D eigenvalue weighted by molar-refractivity contribution is 0.121. The molecular formula is C13H23NS. The molecule has 0 bridgehead atoms. The molecule has 3 aliphatic rings. The van der Waals surface area contributed by atoms with Gasteiger partial charge >= 0.3 is 0 Å². The average Bonchev–Trinajstić information content (AvgIpc) is 2.74. The number of thioether (sulfide) groups is 1. The van der Waals surface area contributed by atoms with E-state index in [4.69, 9.17) is 0 Å². The molecule has 86 valence electrons. The summed E-state index contributed by atoms with van der Waals surface area (Å²) < 4.78 is 0. The van der Waals surface area contributed by atoms with Gasteiger partial charge in [0, 0.05) is 23.2 Å². The van der Waals surface area contributed by atoms with Gasteiger partial charge in [0.15, 0.2) is 0 Å². The molecule has 0 N–H and O–H groups in total. The molecule has 3 fully saturated rings. The molecule has 0 aromatic heterocycles. The van der Waals surface area contributed by atoms with Crippen LogP contribution in [0.4, 0.5) is 0 Å². The van der Waals surface area contributed by atoms with Gasteiger partial charge < -0.3 is 0 Å². The van der Waals surface area contributed by atoms with Gasteiger partial charge in [-0.25, -0.2) is 0 Å². The minimum atomic E-state index is 0.958. The second-order valence-corrected chi connectivity index (χ2v) is 6.69. The standard InChI is InChI=1S/C13H23NS/c1-2-6-11(7-3-1)14-10-15-13-9-5-4-8-12(13)14/h11-13H,1-10H2/t12-,13-/m0/s1. The van der Waals surface area contributed by atoms with E-state index in [1.54, 1.807) is 0 Å². The molecule has 2 heteroatoms. The molecular weight excluding hydrogens is 202 g/mol. The van der Waals surface area contributed by atoms with Crippen LogP contribution in [-0.2, 0) is 0 Å². The maximum atomic E-state index is 2.88. The predicted octanol–water partition coefficient (Wildman–Crippen LogP) is 3.64. The van der Waals surface area contributed by atoms with E-state index in [1.165, 1.54) is 63.7 Å². The van der Waals surface area contributed by atoms with Gasteiger partial charge in [-0.15, -0.1) is 11.8 Å². The SMILES string of the molecule is C1CCC(N2CS[C@H]3CCCC[C@@H]32)CC1. The zero-order valence-electron chi connectivity index (χ0n) is 9.66. The van der Waals surface area contributed by atoms with E-state index >= 15 is 0 Å². The van der Waals surface area contributed by atoms with Crippen molar-refractivity contribution in [3.63, 3.8) is 0 Å². The molecule has 0 spiro atoms. The van der Waals surface area contributed by atoms with Gasteiger partial charge in [-0.3, -0.25) is 4.90 Å². The van der Waals surface area contributed by atoms with Gasteiger partial charge in [0.05, 0.1) is 0 Å². The largest absolute Gasteiger partial charge is 0.287 e. The first kappa shape index (κ1) is 10.5. The van der Waals surface area contributed by atoms with Crippen LogP contribution in [0.15, 0.2) is 0 Å². The molecule has 1 nitrogen and oxygen atoms in total. The first-order chi connectivity index (χ1) is 7.45. The number of fused-ring (bicyclic) bond motifs is 1. The minimum absolute atomic E-state index is 0.958. The zero-order chi connectivity index (χ0) is 10.1. The molecule has 1 heterocycles. The molecule has 2 atom stereocenters. The van der Waals surface area contributed by atoms with Crippen molar-refractivity contribution < 1.29 is 0 Å². The summed E-state index contributed by atoms with van der Waals surface area (Å²) in [5, 5.41) is 1.00. The smallest absolute Gasteiger partial charge is 0.0453 e. The second kappa shape index (κ2) is 4.67. The summed E-state index contributed by atoms with van der Waals surface area (Å²) in [4.78, 5) is 2.88. The van der Waals surface area contributed by atoms with Crippen molar-refractivity contribution in [2.45, 2.75) is 75.1 Å². The first-order valence-electron chi connectivity index (χ1n) is 6.82. The van der Waals surface area contributed by atoms with Crippen LogP contribution in [0, 0.1) is 0 Å². The average molecular weight is 225 g/mol. The van der Waals surface area contributed by atoms with E-state index in [0.29, 0.717) is 0 Å². The monoisotopic (exact) mass is 225 g/mol. The molecule has 2 aliphatic carbocycles. The summed E-state index contributed by atoms with van der Waals surface area (Å²) in [5.74, 6) is 1.35. The second-order valence-electron chi connectivity index (χ2n) is 5.49. The number of hydrogen-bond acceptors (Lipinski definition) is 2. The van der Waals surface area contributed by atoms with Gasteiger partial charge in [-0.1, -0.05) is 32.1 Å². The molecule has 15 heavy (non-hydrogen) atoms. The lowest BCUT2D eigenvalue weighted by atomic mass is 9.89. The number of nitrogens with zero attached hydrogens (tertiary/aromatic N) is 1. The molecule has 2 saturated carbocycles. The van der Waals surface area contributed by atoms with Crippen molar-refractivity contribution in [3.8, 4) is 0 Å². The molecule has 0 radical (unpaired) electrons. The third-order valence-corrected chi connectivity index (χ3v) is 6.00. The van der Waals surface area contributed by atoms with Crippen LogP contribution < -0.4 is 0 Å². The Morgan fingerprint density at radius 1 is 0.800 bits per heavy atom. The fourth-order valence-corrected chi connectivity index (χ4v) is 5.33. The third-order valence-electron chi connectivity index (χ3n) is 4.58. The molecule has 0 aromatic carbocycles. The molecule has 1 aliphatic heterocycles. The van der Waals surface area contributed by atoms with Crippen molar-refractivity contribution >= 4 is 11.8 Å². The number of hydrogen-bond donors (Lipinski definition) is 0. The van der Waals surface area contributed by atoms with Crippen molar-refractivity contribution in [3.05, 3.63) is 0 Å². The van der Waals surface area contributed by atoms with Gasteiger partial charge in [0.1, 0.15) is 0 Å². The predicted molar refractivity (Wildman–Crippen MR) is 67.2 cm³/mol. The Hall–Kier alpha value is 0.310. The summed E-state index contributed by atoms with van der Waals surface area (Å²) in [6.07, 6.45) is 13.4. The number of rotatable bonds is 1. The fraction of sp³-hybridized carbons (Fsp3) is 1.00. The Morgan fingerprint density at radius 2 is 1.53 bits per heavy atom. The van der Waals surface area contributed by atoms with E-state index < -0.39 is 0 Å². The first-order valence-corrected chi connectivity index (χ1v) is 7.87. The van der Waals surface area contributed by atoms with Crippen LogP contribution in [0.2, 0.25) is 0 Å². The molecule has 0 aromatic rings. The van der Waals surface area contributed by atoms with Crippen LogP contribution in [-0.4, -0.2) is 28.1 Å². The molecule has 0 amide bonds. The Kier molecular flexibility index (Phi) is 3.25. The van der Waals surface area contributed by atoms with Crippen LogP contribution in [0.25, 0.3) is 0 Å².